The van der Waals surface area contributed by atoms with Crippen LogP contribution < -0.4 is 10.2 Å². The molecule has 5 nitrogen and oxygen atoms in total. The van der Waals surface area contributed by atoms with Crippen molar-refractivity contribution in [2.45, 2.75) is 52.2 Å². The Kier molecular flexibility index (Phi) is 4.70. The number of carbonyl (C=O) groups is 1. The van der Waals surface area contributed by atoms with E-state index >= 15 is 0 Å². The Balaban J connectivity index is 1.91. The van der Waals surface area contributed by atoms with Crippen molar-refractivity contribution in [2.75, 3.05) is 18.0 Å². The topological polar surface area (TPSA) is 54.5 Å². The summed E-state index contributed by atoms with van der Waals surface area (Å²) < 4.78 is 5.31. The normalized spacial score (nSPS) is 19.2. The number of ether oxygens (including phenoxy) is 1. The third-order valence-electron chi connectivity index (χ3n) is 3.36. The zero-order valence-electron chi connectivity index (χ0n) is 13.3. The van der Waals surface area contributed by atoms with Gasteiger partial charge >= 0.3 is 6.09 Å². The van der Waals surface area contributed by atoms with Crippen molar-refractivity contribution in [3.8, 4) is 0 Å². The standard InChI is InChI=1S/C16H25N3O2/c1-12-7-8-14(17-10-12)19-9-5-6-13(11-19)18-15(20)21-16(2,3)4/h7-8,10,13H,5-6,9,11H2,1-4H3,(H,18,20)/t13-/m0/s1. The van der Waals surface area contributed by atoms with E-state index in [4.69, 9.17) is 4.74 Å². The average Bonchev–Trinajstić information content (AvgIpc) is 2.37. The first-order valence-electron chi connectivity index (χ1n) is 7.50. The molecule has 0 aromatic carbocycles. The first kappa shape index (κ1) is 15.6. The van der Waals surface area contributed by atoms with Crippen LogP contribution in [0.3, 0.4) is 0 Å². The van der Waals surface area contributed by atoms with Gasteiger partial charge in [0.1, 0.15) is 11.4 Å². The minimum absolute atomic E-state index is 0.108. The third kappa shape index (κ3) is 4.92. The predicted octanol–water partition coefficient (Wildman–Crippen LogP) is 2.88. The van der Waals surface area contributed by atoms with Gasteiger partial charge < -0.3 is 15.0 Å². The van der Waals surface area contributed by atoms with Crippen LogP contribution in [0, 0.1) is 6.92 Å². The fourth-order valence-electron chi connectivity index (χ4n) is 2.42. The summed E-state index contributed by atoms with van der Waals surface area (Å²) in [6.07, 6.45) is 3.55. The van der Waals surface area contributed by atoms with Gasteiger partial charge in [-0.25, -0.2) is 9.78 Å². The SMILES string of the molecule is Cc1ccc(N2CCC[C@H](NC(=O)OC(C)(C)C)C2)nc1. The molecular weight excluding hydrogens is 266 g/mol. The molecule has 1 aromatic heterocycles. The lowest BCUT2D eigenvalue weighted by molar-refractivity contribution is 0.0500. The monoisotopic (exact) mass is 291 g/mol. The molecule has 2 heterocycles. The molecule has 1 N–H and O–H groups in total. The Labute approximate surface area is 126 Å². The molecule has 0 unspecified atom stereocenters. The molecule has 0 bridgehead atoms. The molecular formula is C16H25N3O2. The molecule has 1 aliphatic rings. The van der Waals surface area contributed by atoms with E-state index in [2.05, 4.69) is 21.3 Å². The van der Waals surface area contributed by atoms with Gasteiger partial charge in [-0.3, -0.25) is 0 Å². The van der Waals surface area contributed by atoms with Crippen molar-refractivity contribution >= 4 is 11.9 Å². The van der Waals surface area contributed by atoms with Crippen molar-refractivity contribution in [3.05, 3.63) is 23.9 Å². The van der Waals surface area contributed by atoms with E-state index in [1.807, 2.05) is 40.0 Å². The van der Waals surface area contributed by atoms with Crippen molar-refractivity contribution in [1.29, 1.82) is 0 Å². The maximum atomic E-state index is 11.8. The van der Waals surface area contributed by atoms with Gasteiger partial charge in [0.05, 0.1) is 0 Å². The second-order valence-corrected chi connectivity index (χ2v) is 6.63. The summed E-state index contributed by atoms with van der Waals surface area (Å²) in [6, 6.07) is 4.20. The average molecular weight is 291 g/mol. The van der Waals surface area contributed by atoms with E-state index in [9.17, 15) is 4.79 Å². The minimum atomic E-state index is -0.461. The van der Waals surface area contributed by atoms with Crippen molar-refractivity contribution in [3.63, 3.8) is 0 Å². The molecule has 1 amide bonds. The Morgan fingerprint density at radius 3 is 2.81 bits per heavy atom. The summed E-state index contributed by atoms with van der Waals surface area (Å²) in [6.45, 7) is 9.39. The van der Waals surface area contributed by atoms with Gasteiger partial charge in [-0.15, -0.1) is 0 Å². The molecule has 5 heteroatoms. The fourth-order valence-corrected chi connectivity index (χ4v) is 2.42. The van der Waals surface area contributed by atoms with Gasteiger partial charge in [0.25, 0.3) is 0 Å². The number of pyridine rings is 1. The van der Waals surface area contributed by atoms with Crippen molar-refractivity contribution < 1.29 is 9.53 Å². The van der Waals surface area contributed by atoms with Gasteiger partial charge in [-0.2, -0.15) is 0 Å². The van der Waals surface area contributed by atoms with Crippen molar-refractivity contribution in [1.82, 2.24) is 10.3 Å². The molecule has 0 aliphatic carbocycles. The van der Waals surface area contributed by atoms with Crippen LogP contribution >= 0.6 is 0 Å². The third-order valence-corrected chi connectivity index (χ3v) is 3.36. The maximum Gasteiger partial charge on any atom is 0.407 e. The van der Waals surface area contributed by atoms with Gasteiger partial charge in [-0.05, 0) is 52.2 Å². The maximum absolute atomic E-state index is 11.8. The summed E-state index contributed by atoms with van der Waals surface area (Å²) in [5.41, 5.74) is 0.691. The van der Waals surface area contributed by atoms with Crippen LogP contribution in [0.4, 0.5) is 10.6 Å². The van der Waals surface area contributed by atoms with Crippen LogP contribution in [0.1, 0.15) is 39.2 Å². The number of aryl methyl sites for hydroxylation is 1. The van der Waals surface area contributed by atoms with Crippen LogP contribution in [0.5, 0.6) is 0 Å². The highest BCUT2D eigenvalue weighted by atomic mass is 16.6. The van der Waals surface area contributed by atoms with E-state index in [1.54, 1.807) is 0 Å². The minimum Gasteiger partial charge on any atom is -0.444 e. The first-order chi connectivity index (χ1) is 9.83. The highest BCUT2D eigenvalue weighted by molar-refractivity contribution is 5.68. The number of carbonyl (C=O) groups excluding carboxylic acids is 1. The molecule has 0 saturated carbocycles. The van der Waals surface area contributed by atoms with Gasteiger partial charge in [0.15, 0.2) is 0 Å². The summed E-state index contributed by atoms with van der Waals surface area (Å²) >= 11 is 0. The van der Waals surface area contributed by atoms with Crippen molar-refractivity contribution in [2.24, 2.45) is 0 Å². The largest absolute Gasteiger partial charge is 0.444 e. The highest BCUT2D eigenvalue weighted by Crippen LogP contribution is 2.18. The van der Waals surface area contributed by atoms with Gasteiger partial charge in [0.2, 0.25) is 0 Å². The smallest absolute Gasteiger partial charge is 0.407 e. The van der Waals surface area contributed by atoms with Crippen LogP contribution in [0.15, 0.2) is 18.3 Å². The van der Waals surface area contributed by atoms with E-state index in [0.29, 0.717) is 0 Å². The second-order valence-electron chi connectivity index (χ2n) is 6.63. The molecule has 0 spiro atoms. The number of nitrogens with zero attached hydrogens (tertiary/aromatic N) is 2. The molecule has 116 valence electrons. The van der Waals surface area contributed by atoms with Crippen LogP contribution in [0.2, 0.25) is 0 Å². The Morgan fingerprint density at radius 2 is 2.19 bits per heavy atom. The van der Waals surface area contributed by atoms with Crippen LogP contribution in [0.25, 0.3) is 0 Å². The lowest BCUT2D eigenvalue weighted by Crippen LogP contribution is -2.49. The Morgan fingerprint density at radius 1 is 1.43 bits per heavy atom. The predicted molar refractivity (Wildman–Crippen MR) is 83.6 cm³/mol. The number of amides is 1. The lowest BCUT2D eigenvalue weighted by atomic mass is 10.1. The molecule has 21 heavy (non-hydrogen) atoms. The molecule has 1 fully saturated rings. The Bertz CT molecular complexity index is 479. The van der Waals surface area contributed by atoms with Gasteiger partial charge in [0, 0.05) is 25.3 Å². The Hall–Kier alpha value is -1.78. The van der Waals surface area contributed by atoms with E-state index in [-0.39, 0.29) is 12.1 Å². The van der Waals surface area contributed by atoms with Crippen LogP contribution in [-0.4, -0.2) is 35.8 Å². The van der Waals surface area contributed by atoms with Crippen LogP contribution in [-0.2, 0) is 4.74 Å². The van der Waals surface area contributed by atoms with E-state index in [0.717, 1.165) is 37.3 Å². The summed E-state index contributed by atoms with van der Waals surface area (Å²) in [4.78, 5) is 18.5. The second kappa shape index (κ2) is 6.33. The number of piperidine rings is 1. The number of alkyl carbamates (subject to hydrolysis) is 1. The molecule has 0 radical (unpaired) electrons. The number of nitrogens with one attached hydrogen (secondary N) is 1. The fraction of sp³-hybridized carbons (Fsp3) is 0.625. The zero-order chi connectivity index (χ0) is 15.5. The van der Waals surface area contributed by atoms with Gasteiger partial charge in [-0.1, -0.05) is 6.07 Å². The first-order valence-corrected chi connectivity index (χ1v) is 7.50. The summed E-state index contributed by atoms with van der Waals surface area (Å²) in [5.74, 6) is 0.969. The molecule has 2 rings (SSSR count). The highest BCUT2D eigenvalue weighted by Gasteiger charge is 2.24. The number of hydrogen-bond donors (Lipinski definition) is 1. The van der Waals surface area contributed by atoms with E-state index < -0.39 is 5.60 Å². The number of hydrogen-bond acceptors (Lipinski definition) is 4. The zero-order valence-corrected chi connectivity index (χ0v) is 13.3. The number of aromatic nitrogens is 1. The van der Waals surface area contributed by atoms with E-state index in [1.165, 1.54) is 0 Å². The molecule has 1 aliphatic heterocycles. The quantitative estimate of drug-likeness (QED) is 0.910. The molecule has 1 aromatic rings. The summed E-state index contributed by atoms with van der Waals surface area (Å²) in [7, 11) is 0. The number of anilines is 1. The number of rotatable bonds is 2. The summed E-state index contributed by atoms with van der Waals surface area (Å²) in [5, 5.41) is 2.96. The lowest BCUT2D eigenvalue weighted by Gasteiger charge is -2.34. The molecule has 1 atom stereocenters. The molecule has 1 saturated heterocycles.